The number of aromatic nitrogens is 6. The predicted octanol–water partition coefficient (Wildman–Crippen LogP) is 2.59. The second-order valence-corrected chi connectivity index (χ2v) is 5.92. The number of hydrogen-bond donors (Lipinski definition) is 0. The fraction of sp³-hybridized carbons (Fsp3) is 0.333. The molecule has 1 atom stereocenters. The molecule has 0 radical (unpaired) electrons. The third-order valence-electron chi connectivity index (χ3n) is 2.91. The highest BCUT2D eigenvalue weighted by molar-refractivity contribution is 7.09. The molecule has 0 saturated carbocycles. The van der Waals surface area contributed by atoms with E-state index in [-0.39, 0.29) is 6.04 Å². The third-order valence-corrected chi connectivity index (χ3v) is 3.97. The van der Waals surface area contributed by atoms with Crippen molar-refractivity contribution in [2.45, 2.75) is 19.4 Å². The van der Waals surface area contributed by atoms with Crippen molar-refractivity contribution < 1.29 is 0 Å². The first-order chi connectivity index (χ1) is 9.61. The monoisotopic (exact) mass is 308 g/mol. The van der Waals surface area contributed by atoms with Gasteiger partial charge in [-0.2, -0.15) is 20.1 Å². The number of halogens is 1. The summed E-state index contributed by atoms with van der Waals surface area (Å²) >= 11 is 7.50. The lowest BCUT2D eigenvalue weighted by Gasteiger charge is -2.09. The summed E-state index contributed by atoms with van der Waals surface area (Å²) < 4.78 is 1.85. The van der Waals surface area contributed by atoms with Gasteiger partial charge in [-0.3, -0.25) is 4.68 Å². The molecular weight excluding hydrogens is 296 g/mol. The first kappa shape index (κ1) is 13.3. The van der Waals surface area contributed by atoms with Crippen LogP contribution >= 0.6 is 22.9 Å². The molecule has 0 amide bonds. The molecule has 0 spiro atoms. The maximum absolute atomic E-state index is 5.88. The highest BCUT2D eigenvalue weighted by atomic mass is 35.5. The Labute approximate surface area is 125 Å². The summed E-state index contributed by atoms with van der Waals surface area (Å²) in [5, 5.41) is 16.2. The first-order valence-corrected chi connectivity index (χ1v) is 7.38. The van der Waals surface area contributed by atoms with E-state index >= 15 is 0 Å². The number of nitrogens with zero attached hydrogens (tertiary/aromatic N) is 6. The van der Waals surface area contributed by atoms with Crippen LogP contribution in [0.25, 0.3) is 11.4 Å². The summed E-state index contributed by atoms with van der Waals surface area (Å²) in [4.78, 5) is 6.13. The molecule has 0 bridgehead atoms. The van der Waals surface area contributed by atoms with Crippen LogP contribution in [0.3, 0.4) is 0 Å². The van der Waals surface area contributed by atoms with Crippen molar-refractivity contribution in [2.24, 2.45) is 7.05 Å². The molecule has 0 aliphatic rings. The van der Waals surface area contributed by atoms with E-state index < -0.39 is 0 Å². The minimum atomic E-state index is 0.211. The smallest absolute Gasteiger partial charge is 0.132 e. The van der Waals surface area contributed by atoms with Crippen molar-refractivity contribution in [3.8, 4) is 11.4 Å². The predicted molar refractivity (Wildman–Crippen MR) is 77.8 cm³/mol. The molecule has 6 nitrogen and oxygen atoms in total. The van der Waals surface area contributed by atoms with Gasteiger partial charge in [0.25, 0.3) is 0 Å². The zero-order valence-electron chi connectivity index (χ0n) is 11.1. The van der Waals surface area contributed by atoms with Crippen LogP contribution < -0.4 is 0 Å². The third kappa shape index (κ3) is 2.73. The lowest BCUT2D eigenvalue weighted by atomic mass is 10.2. The molecule has 3 heterocycles. The normalized spacial score (nSPS) is 12.8. The van der Waals surface area contributed by atoms with Gasteiger partial charge in [0.2, 0.25) is 0 Å². The quantitative estimate of drug-likeness (QED) is 0.743. The van der Waals surface area contributed by atoms with Crippen molar-refractivity contribution in [3.05, 3.63) is 34.0 Å². The Morgan fingerprint density at radius 1 is 1.30 bits per heavy atom. The number of thiazole rings is 1. The topological polar surface area (TPSA) is 61.4 Å². The minimum Gasteiger partial charge on any atom is -0.268 e. The van der Waals surface area contributed by atoms with Crippen LogP contribution in [-0.2, 0) is 13.5 Å². The molecule has 104 valence electrons. The van der Waals surface area contributed by atoms with Crippen LogP contribution in [0.2, 0.25) is 5.02 Å². The van der Waals surface area contributed by atoms with Crippen molar-refractivity contribution in [3.63, 3.8) is 0 Å². The molecule has 3 rings (SSSR count). The van der Waals surface area contributed by atoms with E-state index in [1.807, 2.05) is 16.3 Å². The number of rotatable bonds is 4. The van der Waals surface area contributed by atoms with E-state index in [1.165, 1.54) is 4.80 Å². The average Bonchev–Trinajstić information content (AvgIpc) is 3.10. The molecule has 0 aliphatic carbocycles. The fourth-order valence-electron chi connectivity index (χ4n) is 1.89. The van der Waals surface area contributed by atoms with E-state index in [4.69, 9.17) is 11.6 Å². The summed E-state index contributed by atoms with van der Waals surface area (Å²) in [7, 11) is 1.79. The molecule has 0 N–H and O–H groups in total. The fourth-order valence-corrected chi connectivity index (χ4v) is 2.94. The number of aryl methyl sites for hydroxylation is 1. The van der Waals surface area contributed by atoms with Gasteiger partial charge in [-0.05, 0) is 6.92 Å². The van der Waals surface area contributed by atoms with Crippen molar-refractivity contribution in [1.29, 1.82) is 0 Å². The van der Waals surface area contributed by atoms with Gasteiger partial charge < -0.3 is 0 Å². The van der Waals surface area contributed by atoms with Gasteiger partial charge in [0.1, 0.15) is 11.4 Å². The minimum absolute atomic E-state index is 0.211. The number of hydrogen-bond acceptors (Lipinski definition) is 5. The van der Waals surface area contributed by atoms with Crippen LogP contribution in [0.4, 0.5) is 0 Å². The van der Waals surface area contributed by atoms with Crippen LogP contribution in [0.5, 0.6) is 0 Å². The molecule has 0 unspecified atom stereocenters. The maximum Gasteiger partial charge on any atom is 0.132 e. The largest absolute Gasteiger partial charge is 0.268 e. The van der Waals surface area contributed by atoms with Gasteiger partial charge >= 0.3 is 0 Å². The van der Waals surface area contributed by atoms with Gasteiger partial charge in [-0.1, -0.05) is 11.6 Å². The van der Waals surface area contributed by atoms with Crippen LogP contribution in [0.15, 0.2) is 24.0 Å². The summed E-state index contributed by atoms with van der Waals surface area (Å²) in [5.41, 5.74) is 1.66. The Balaban J connectivity index is 1.74. The molecule has 20 heavy (non-hydrogen) atoms. The second kappa shape index (κ2) is 5.34. The van der Waals surface area contributed by atoms with Crippen LogP contribution in [0, 0.1) is 0 Å². The molecular formula is C12H13ClN6S. The Morgan fingerprint density at radius 2 is 2.15 bits per heavy atom. The first-order valence-electron chi connectivity index (χ1n) is 6.12. The average molecular weight is 309 g/mol. The molecule has 0 aliphatic heterocycles. The molecule has 3 aromatic heterocycles. The van der Waals surface area contributed by atoms with Gasteiger partial charge in [0.15, 0.2) is 0 Å². The van der Waals surface area contributed by atoms with Gasteiger partial charge in [0, 0.05) is 25.0 Å². The summed E-state index contributed by atoms with van der Waals surface area (Å²) in [6, 6.07) is 0.211. The van der Waals surface area contributed by atoms with E-state index in [0.29, 0.717) is 5.02 Å². The van der Waals surface area contributed by atoms with Crippen molar-refractivity contribution in [1.82, 2.24) is 29.8 Å². The SMILES string of the molecule is C[C@@H](Cc1nc(-c2cnn(C)n2)cs1)n1cc(Cl)cn1. The van der Waals surface area contributed by atoms with E-state index in [2.05, 4.69) is 27.2 Å². The lowest BCUT2D eigenvalue weighted by molar-refractivity contribution is 0.488. The Bertz CT molecular complexity index is 715. The maximum atomic E-state index is 5.88. The summed E-state index contributed by atoms with van der Waals surface area (Å²) in [5.74, 6) is 0. The van der Waals surface area contributed by atoms with Crippen molar-refractivity contribution in [2.75, 3.05) is 0 Å². The highest BCUT2D eigenvalue weighted by Gasteiger charge is 2.12. The zero-order chi connectivity index (χ0) is 14.1. The Morgan fingerprint density at radius 3 is 2.80 bits per heavy atom. The molecule has 0 aromatic carbocycles. The van der Waals surface area contributed by atoms with Crippen LogP contribution in [-0.4, -0.2) is 29.8 Å². The lowest BCUT2D eigenvalue weighted by Crippen LogP contribution is -2.08. The van der Waals surface area contributed by atoms with Gasteiger partial charge in [-0.15, -0.1) is 11.3 Å². The molecule has 8 heteroatoms. The van der Waals surface area contributed by atoms with E-state index in [1.54, 1.807) is 30.8 Å². The molecule has 3 aromatic rings. The standard InChI is InChI=1S/C12H13ClN6S/c1-8(19-6-9(13)4-15-19)3-12-16-11(7-20-12)10-5-14-18(2)17-10/h4-8H,3H2,1-2H3/t8-/m0/s1. The van der Waals surface area contributed by atoms with Gasteiger partial charge in [0.05, 0.1) is 28.5 Å². The van der Waals surface area contributed by atoms with Crippen molar-refractivity contribution >= 4 is 22.9 Å². The zero-order valence-corrected chi connectivity index (χ0v) is 12.6. The summed E-state index contributed by atoms with van der Waals surface area (Å²) in [6.07, 6.45) is 5.99. The Kier molecular flexibility index (Phi) is 3.54. The Hall–Kier alpha value is -1.73. The van der Waals surface area contributed by atoms with Gasteiger partial charge in [-0.25, -0.2) is 4.98 Å². The summed E-state index contributed by atoms with van der Waals surface area (Å²) in [6.45, 7) is 2.09. The van der Waals surface area contributed by atoms with E-state index in [0.717, 1.165) is 22.8 Å². The highest BCUT2D eigenvalue weighted by Crippen LogP contribution is 2.23. The second-order valence-electron chi connectivity index (χ2n) is 4.54. The molecule has 0 fully saturated rings. The van der Waals surface area contributed by atoms with Crippen LogP contribution in [0.1, 0.15) is 18.0 Å². The van der Waals surface area contributed by atoms with E-state index in [9.17, 15) is 0 Å². The molecule has 0 saturated heterocycles.